The molecule has 0 aliphatic heterocycles. The minimum Gasteiger partial charge on any atom is -0.465 e. The van der Waals surface area contributed by atoms with Gasteiger partial charge in [0.2, 0.25) is 0 Å². The molecule has 0 spiro atoms. The van der Waals surface area contributed by atoms with Gasteiger partial charge in [-0.15, -0.1) is 0 Å². The Kier molecular flexibility index (Phi) is 4.56. The molecule has 2 unspecified atom stereocenters. The predicted octanol–water partition coefficient (Wildman–Crippen LogP) is 2.46. The van der Waals surface area contributed by atoms with Crippen LogP contribution in [-0.2, 0) is 0 Å². The topological polar surface area (TPSA) is 36.6 Å². The van der Waals surface area contributed by atoms with Crippen molar-refractivity contribution in [1.82, 2.24) is 4.90 Å². The van der Waals surface area contributed by atoms with Crippen molar-refractivity contribution in [2.45, 2.75) is 26.8 Å². The molecule has 1 aromatic rings. The lowest BCUT2D eigenvalue weighted by atomic mass is 9.87. The van der Waals surface area contributed by atoms with Crippen LogP contribution in [0.15, 0.2) is 16.5 Å². The molecule has 0 saturated carbocycles. The number of nitrogens with zero attached hydrogens (tertiary/aromatic N) is 1. The van der Waals surface area contributed by atoms with E-state index in [1.807, 2.05) is 33.2 Å². The average Bonchev–Trinajstić information content (AvgIpc) is 2.59. The fourth-order valence-corrected chi connectivity index (χ4v) is 2.14. The molecule has 0 aliphatic carbocycles. The first-order chi connectivity index (χ1) is 7.47. The second-order valence-corrected chi connectivity index (χ2v) is 4.95. The average molecular weight is 225 g/mol. The maximum absolute atomic E-state index is 9.52. The highest BCUT2D eigenvalue weighted by molar-refractivity contribution is 5.11. The summed E-state index contributed by atoms with van der Waals surface area (Å²) in [6, 6.07) is 4.12. The van der Waals surface area contributed by atoms with E-state index < -0.39 is 0 Å². The fraction of sp³-hybridized carbons (Fsp3) is 0.692. The van der Waals surface area contributed by atoms with Crippen molar-refractivity contribution < 1.29 is 9.52 Å². The Hall–Kier alpha value is -0.800. The van der Waals surface area contributed by atoms with Crippen molar-refractivity contribution in [2.75, 3.05) is 20.7 Å². The molecule has 3 nitrogen and oxygen atoms in total. The summed E-state index contributed by atoms with van der Waals surface area (Å²) in [4.78, 5) is 2.11. The summed E-state index contributed by atoms with van der Waals surface area (Å²) in [6.45, 7) is 6.39. The van der Waals surface area contributed by atoms with Crippen LogP contribution in [0.3, 0.4) is 0 Å². The lowest BCUT2D eigenvalue weighted by molar-refractivity contribution is 0.0863. The molecule has 1 rings (SSSR count). The van der Waals surface area contributed by atoms with Gasteiger partial charge in [0.15, 0.2) is 0 Å². The quantitative estimate of drug-likeness (QED) is 0.836. The summed E-state index contributed by atoms with van der Waals surface area (Å²) < 4.78 is 5.69. The molecular weight excluding hydrogens is 202 g/mol. The van der Waals surface area contributed by atoms with Crippen LogP contribution in [-0.4, -0.2) is 30.7 Å². The largest absolute Gasteiger partial charge is 0.465 e. The molecule has 0 aromatic carbocycles. The van der Waals surface area contributed by atoms with E-state index in [0.717, 1.165) is 11.5 Å². The zero-order chi connectivity index (χ0) is 12.3. The standard InChI is InChI=1S/C13H23NO2/c1-9(2)11(8-15)13(14(4)5)12-7-6-10(3)16-12/h6-7,9,11,13,15H,8H2,1-5H3. The molecule has 0 fully saturated rings. The van der Waals surface area contributed by atoms with E-state index in [9.17, 15) is 5.11 Å². The van der Waals surface area contributed by atoms with Gasteiger partial charge in [-0.1, -0.05) is 13.8 Å². The van der Waals surface area contributed by atoms with Crippen LogP contribution < -0.4 is 0 Å². The number of aliphatic hydroxyl groups is 1. The van der Waals surface area contributed by atoms with Gasteiger partial charge in [-0.05, 0) is 39.1 Å². The molecule has 1 heterocycles. The molecule has 92 valence electrons. The normalized spacial score (nSPS) is 15.8. The van der Waals surface area contributed by atoms with E-state index in [2.05, 4.69) is 18.7 Å². The molecule has 3 heteroatoms. The summed E-state index contributed by atoms with van der Waals surface area (Å²) >= 11 is 0. The zero-order valence-corrected chi connectivity index (χ0v) is 10.9. The molecule has 0 saturated heterocycles. The monoisotopic (exact) mass is 225 g/mol. The summed E-state index contributed by atoms with van der Waals surface area (Å²) in [6.07, 6.45) is 0. The van der Waals surface area contributed by atoms with Crippen LogP contribution in [0.4, 0.5) is 0 Å². The van der Waals surface area contributed by atoms with Crippen molar-refractivity contribution in [3.63, 3.8) is 0 Å². The third-order valence-corrected chi connectivity index (χ3v) is 3.08. The minimum atomic E-state index is 0.138. The fourth-order valence-electron chi connectivity index (χ4n) is 2.14. The van der Waals surface area contributed by atoms with Crippen LogP contribution in [0, 0.1) is 18.8 Å². The number of rotatable bonds is 5. The van der Waals surface area contributed by atoms with Crippen molar-refractivity contribution in [3.05, 3.63) is 23.7 Å². The zero-order valence-electron chi connectivity index (χ0n) is 10.9. The van der Waals surface area contributed by atoms with Crippen LogP contribution in [0.25, 0.3) is 0 Å². The molecular formula is C13H23NO2. The molecule has 0 amide bonds. The second kappa shape index (κ2) is 5.51. The number of hydrogen-bond acceptors (Lipinski definition) is 3. The molecule has 0 aliphatic rings. The first-order valence-corrected chi connectivity index (χ1v) is 5.81. The van der Waals surface area contributed by atoms with Gasteiger partial charge in [0.25, 0.3) is 0 Å². The Labute approximate surface area is 98.1 Å². The van der Waals surface area contributed by atoms with Gasteiger partial charge < -0.3 is 9.52 Å². The predicted molar refractivity (Wildman–Crippen MR) is 65.3 cm³/mol. The van der Waals surface area contributed by atoms with Crippen LogP contribution in [0.1, 0.15) is 31.4 Å². The molecule has 16 heavy (non-hydrogen) atoms. The number of hydrogen-bond donors (Lipinski definition) is 1. The van der Waals surface area contributed by atoms with Crippen LogP contribution >= 0.6 is 0 Å². The Morgan fingerprint density at radius 2 is 1.94 bits per heavy atom. The van der Waals surface area contributed by atoms with E-state index in [-0.39, 0.29) is 18.6 Å². The molecule has 2 atom stereocenters. The summed E-state index contributed by atoms with van der Waals surface area (Å²) in [5, 5.41) is 9.52. The Morgan fingerprint density at radius 1 is 1.31 bits per heavy atom. The van der Waals surface area contributed by atoms with Gasteiger partial charge in [-0.25, -0.2) is 0 Å². The highest BCUT2D eigenvalue weighted by atomic mass is 16.3. The highest BCUT2D eigenvalue weighted by Crippen LogP contribution is 2.32. The molecule has 1 aromatic heterocycles. The lowest BCUT2D eigenvalue weighted by Gasteiger charge is -2.32. The van der Waals surface area contributed by atoms with Crippen LogP contribution in [0.2, 0.25) is 0 Å². The first kappa shape index (κ1) is 13.3. The van der Waals surface area contributed by atoms with Gasteiger partial charge in [0.05, 0.1) is 6.04 Å². The van der Waals surface area contributed by atoms with E-state index >= 15 is 0 Å². The van der Waals surface area contributed by atoms with Crippen molar-refractivity contribution >= 4 is 0 Å². The second-order valence-electron chi connectivity index (χ2n) is 4.95. The molecule has 0 bridgehead atoms. The van der Waals surface area contributed by atoms with Gasteiger partial charge in [-0.2, -0.15) is 0 Å². The van der Waals surface area contributed by atoms with E-state index in [0.29, 0.717) is 5.92 Å². The van der Waals surface area contributed by atoms with Gasteiger partial charge in [0.1, 0.15) is 11.5 Å². The Bertz CT molecular complexity index is 317. The van der Waals surface area contributed by atoms with E-state index in [1.54, 1.807) is 0 Å². The number of aryl methyl sites for hydroxylation is 1. The summed E-state index contributed by atoms with van der Waals surface area (Å²) in [5.74, 6) is 2.47. The van der Waals surface area contributed by atoms with Crippen molar-refractivity contribution in [1.29, 1.82) is 0 Å². The lowest BCUT2D eigenvalue weighted by Crippen LogP contribution is -2.32. The van der Waals surface area contributed by atoms with E-state index in [1.165, 1.54) is 0 Å². The van der Waals surface area contributed by atoms with Crippen LogP contribution in [0.5, 0.6) is 0 Å². The number of furan rings is 1. The van der Waals surface area contributed by atoms with Crippen molar-refractivity contribution in [3.8, 4) is 0 Å². The van der Waals surface area contributed by atoms with E-state index in [4.69, 9.17) is 4.42 Å². The maximum atomic E-state index is 9.52. The number of aliphatic hydroxyl groups excluding tert-OH is 1. The summed E-state index contributed by atoms with van der Waals surface area (Å²) in [5.41, 5.74) is 0. The van der Waals surface area contributed by atoms with Gasteiger partial charge in [-0.3, -0.25) is 4.90 Å². The third kappa shape index (κ3) is 2.86. The highest BCUT2D eigenvalue weighted by Gasteiger charge is 2.29. The van der Waals surface area contributed by atoms with Gasteiger partial charge in [0, 0.05) is 12.5 Å². The Balaban J connectivity index is 2.98. The van der Waals surface area contributed by atoms with Gasteiger partial charge >= 0.3 is 0 Å². The minimum absolute atomic E-state index is 0.138. The Morgan fingerprint density at radius 3 is 2.25 bits per heavy atom. The SMILES string of the molecule is Cc1ccc(C(C(CO)C(C)C)N(C)C)o1. The van der Waals surface area contributed by atoms with Crippen molar-refractivity contribution in [2.24, 2.45) is 11.8 Å². The summed E-state index contributed by atoms with van der Waals surface area (Å²) in [7, 11) is 4.04. The maximum Gasteiger partial charge on any atom is 0.121 e. The smallest absolute Gasteiger partial charge is 0.121 e. The molecule has 1 N–H and O–H groups in total. The molecule has 0 radical (unpaired) electrons. The first-order valence-electron chi connectivity index (χ1n) is 5.81. The third-order valence-electron chi connectivity index (χ3n) is 3.08.